The van der Waals surface area contributed by atoms with Crippen molar-refractivity contribution >= 4 is 22.8 Å². The first-order valence-corrected chi connectivity index (χ1v) is 11.1. The highest BCUT2D eigenvalue weighted by Crippen LogP contribution is 2.24. The Morgan fingerprint density at radius 1 is 1.12 bits per heavy atom. The summed E-state index contributed by atoms with van der Waals surface area (Å²) < 4.78 is 18.0. The minimum Gasteiger partial charge on any atom is -0.492 e. The van der Waals surface area contributed by atoms with Crippen molar-refractivity contribution in [3.05, 3.63) is 70.8 Å². The number of amides is 1. The van der Waals surface area contributed by atoms with E-state index in [1.165, 1.54) is 10.9 Å². The number of carbonyl (C=O) groups excluding carboxylic acids is 2. The molecule has 9 heteroatoms. The SMILES string of the molecule is CCOC(=O)C(Cc1ccc(OCCn2cnc3ccccc3c2=O)cc1)(OC(C)C)C(N)=O. The van der Waals surface area contributed by atoms with Crippen LogP contribution in [0.25, 0.3) is 10.9 Å². The third-order valence-corrected chi connectivity index (χ3v) is 5.15. The van der Waals surface area contributed by atoms with Gasteiger partial charge in [-0.15, -0.1) is 0 Å². The smallest absolute Gasteiger partial charge is 0.348 e. The molecule has 1 amide bonds. The van der Waals surface area contributed by atoms with Crippen molar-refractivity contribution in [1.29, 1.82) is 0 Å². The van der Waals surface area contributed by atoms with Crippen molar-refractivity contribution in [2.75, 3.05) is 13.2 Å². The lowest BCUT2D eigenvalue weighted by atomic mass is 9.93. The lowest BCUT2D eigenvalue weighted by Crippen LogP contribution is -2.56. The number of esters is 1. The molecule has 0 fully saturated rings. The number of ether oxygens (including phenoxy) is 3. The lowest BCUT2D eigenvalue weighted by molar-refractivity contribution is -0.182. The summed E-state index contributed by atoms with van der Waals surface area (Å²) in [7, 11) is 0. The van der Waals surface area contributed by atoms with E-state index in [0.29, 0.717) is 28.8 Å². The zero-order valence-electron chi connectivity index (χ0n) is 19.5. The van der Waals surface area contributed by atoms with Crippen LogP contribution in [-0.2, 0) is 32.0 Å². The molecule has 34 heavy (non-hydrogen) atoms. The number of fused-ring (bicyclic) bond motifs is 1. The molecule has 9 nitrogen and oxygen atoms in total. The van der Waals surface area contributed by atoms with Crippen LogP contribution in [0.4, 0.5) is 0 Å². The van der Waals surface area contributed by atoms with Crippen LogP contribution in [-0.4, -0.2) is 46.3 Å². The highest BCUT2D eigenvalue weighted by Gasteiger charge is 2.48. The first kappa shape index (κ1) is 24.9. The van der Waals surface area contributed by atoms with Gasteiger partial charge in [0, 0.05) is 6.42 Å². The molecule has 2 N–H and O–H groups in total. The number of rotatable bonds is 11. The number of hydrogen-bond donors (Lipinski definition) is 1. The van der Waals surface area contributed by atoms with E-state index in [-0.39, 0.29) is 25.2 Å². The molecule has 1 atom stereocenters. The van der Waals surface area contributed by atoms with Gasteiger partial charge in [-0.05, 0) is 50.6 Å². The standard InChI is InChI=1S/C25H29N3O6/c1-4-32-24(31)25(23(26)30,34-17(2)3)15-18-9-11-19(12-10-18)33-14-13-28-16-27-21-8-6-5-7-20(21)22(28)29/h5-12,16-17H,4,13-15H2,1-3H3,(H2,26,30). The fourth-order valence-electron chi connectivity index (χ4n) is 3.58. The van der Waals surface area contributed by atoms with Crippen LogP contribution in [0.1, 0.15) is 26.3 Å². The molecular weight excluding hydrogens is 438 g/mol. The van der Waals surface area contributed by atoms with Gasteiger partial charge in [-0.3, -0.25) is 14.2 Å². The maximum Gasteiger partial charge on any atom is 0.348 e. The molecule has 3 rings (SSSR count). The normalized spacial score (nSPS) is 12.9. The summed E-state index contributed by atoms with van der Waals surface area (Å²) in [4.78, 5) is 41.7. The highest BCUT2D eigenvalue weighted by atomic mass is 16.6. The van der Waals surface area contributed by atoms with E-state index in [2.05, 4.69) is 4.98 Å². The predicted octanol–water partition coefficient (Wildman–Crippen LogP) is 2.23. The molecule has 0 saturated carbocycles. The van der Waals surface area contributed by atoms with Crippen molar-refractivity contribution in [1.82, 2.24) is 9.55 Å². The quantitative estimate of drug-likeness (QED) is 0.339. The minimum atomic E-state index is -1.92. The van der Waals surface area contributed by atoms with Crippen molar-refractivity contribution in [3.63, 3.8) is 0 Å². The first-order chi connectivity index (χ1) is 16.3. The molecular formula is C25H29N3O6. The molecule has 0 saturated heterocycles. The number of primary amides is 1. The fraction of sp³-hybridized carbons (Fsp3) is 0.360. The molecule has 1 unspecified atom stereocenters. The zero-order chi connectivity index (χ0) is 24.7. The number of hydrogen-bond acceptors (Lipinski definition) is 7. The summed E-state index contributed by atoms with van der Waals surface area (Å²) in [6.45, 7) is 5.75. The number of aromatic nitrogens is 2. The molecule has 0 aliphatic rings. The zero-order valence-corrected chi connectivity index (χ0v) is 19.5. The van der Waals surface area contributed by atoms with Gasteiger partial charge in [0.1, 0.15) is 12.4 Å². The van der Waals surface area contributed by atoms with E-state index in [1.807, 2.05) is 6.07 Å². The highest BCUT2D eigenvalue weighted by molar-refractivity contribution is 6.05. The van der Waals surface area contributed by atoms with Crippen molar-refractivity contribution in [3.8, 4) is 5.75 Å². The largest absolute Gasteiger partial charge is 0.492 e. The van der Waals surface area contributed by atoms with E-state index in [0.717, 1.165) is 0 Å². The Morgan fingerprint density at radius 3 is 2.47 bits per heavy atom. The van der Waals surface area contributed by atoms with E-state index < -0.39 is 23.6 Å². The summed E-state index contributed by atoms with van der Waals surface area (Å²) >= 11 is 0. The van der Waals surface area contributed by atoms with Gasteiger partial charge in [0.15, 0.2) is 0 Å². The van der Waals surface area contributed by atoms with Crippen LogP contribution in [0.15, 0.2) is 59.7 Å². The van der Waals surface area contributed by atoms with Gasteiger partial charge < -0.3 is 19.9 Å². The van der Waals surface area contributed by atoms with Gasteiger partial charge in [-0.25, -0.2) is 9.78 Å². The van der Waals surface area contributed by atoms with E-state index >= 15 is 0 Å². The number of carbonyl (C=O) groups is 2. The Kier molecular flexibility index (Phi) is 8.01. The van der Waals surface area contributed by atoms with Gasteiger partial charge in [-0.1, -0.05) is 24.3 Å². The average molecular weight is 468 g/mol. The summed E-state index contributed by atoms with van der Waals surface area (Å²) in [6.07, 6.45) is 1.01. The van der Waals surface area contributed by atoms with Crippen LogP contribution >= 0.6 is 0 Å². The predicted molar refractivity (Wildman–Crippen MR) is 126 cm³/mol. The molecule has 0 radical (unpaired) electrons. The van der Waals surface area contributed by atoms with E-state index in [1.54, 1.807) is 63.2 Å². The van der Waals surface area contributed by atoms with Crippen LogP contribution < -0.4 is 16.0 Å². The second-order valence-electron chi connectivity index (χ2n) is 8.01. The summed E-state index contributed by atoms with van der Waals surface area (Å²) in [5, 5.41) is 0.553. The fourth-order valence-corrected chi connectivity index (χ4v) is 3.58. The third kappa shape index (κ3) is 5.60. The molecule has 1 heterocycles. The van der Waals surface area contributed by atoms with Gasteiger partial charge in [0.05, 0.1) is 36.5 Å². The van der Waals surface area contributed by atoms with Crippen LogP contribution in [0, 0.1) is 0 Å². The maximum absolute atomic E-state index is 12.6. The van der Waals surface area contributed by atoms with Gasteiger partial charge in [-0.2, -0.15) is 0 Å². The Hall–Kier alpha value is -3.72. The molecule has 180 valence electrons. The first-order valence-electron chi connectivity index (χ1n) is 11.1. The second kappa shape index (κ2) is 10.9. The number of nitrogens with zero attached hydrogens (tertiary/aromatic N) is 2. The van der Waals surface area contributed by atoms with Gasteiger partial charge in [0.2, 0.25) is 5.60 Å². The maximum atomic E-state index is 12.6. The molecule has 2 aromatic carbocycles. The van der Waals surface area contributed by atoms with Gasteiger partial charge in [0.25, 0.3) is 11.5 Å². The minimum absolute atomic E-state index is 0.0716. The monoisotopic (exact) mass is 467 g/mol. The summed E-state index contributed by atoms with van der Waals surface area (Å²) in [5.74, 6) is -1.16. The number of benzene rings is 2. The molecule has 0 aliphatic carbocycles. The van der Waals surface area contributed by atoms with Gasteiger partial charge >= 0.3 is 5.97 Å². The van der Waals surface area contributed by atoms with Crippen molar-refractivity contribution in [2.45, 2.75) is 45.4 Å². The Labute approximate surface area is 197 Å². The summed E-state index contributed by atoms with van der Waals surface area (Å²) in [5.41, 5.74) is 4.82. The van der Waals surface area contributed by atoms with Crippen LogP contribution in [0.3, 0.4) is 0 Å². The van der Waals surface area contributed by atoms with Crippen LogP contribution in [0.2, 0.25) is 0 Å². The topological polar surface area (TPSA) is 123 Å². The van der Waals surface area contributed by atoms with E-state index in [4.69, 9.17) is 19.9 Å². The van der Waals surface area contributed by atoms with E-state index in [9.17, 15) is 14.4 Å². The molecule has 0 spiro atoms. The molecule has 3 aromatic rings. The van der Waals surface area contributed by atoms with Crippen molar-refractivity contribution < 1.29 is 23.8 Å². The van der Waals surface area contributed by atoms with Crippen molar-refractivity contribution in [2.24, 2.45) is 5.73 Å². The number of para-hydroxylation sites is 1. The second-order valence-corrected chi connectivity index (χ2v) is 8.01. The Balaban J connectivity index is 1.68. The molecule has 0 bridgehead atoms. The lowest BCUT2D eigenvalue weighted by Gasteiger charge is -2.30. The Morgan fingerprint density at radius 2 is 1.82 bits per heavy atom. The molecule has 1 aromatic heterocycles. The average Bonchev–Trinajstić information content (AvgIpc) is 2.81. The molecule has 0 aliphatic heterocycles. The number of nitrogens with two attached hydrogens (primary N) is 1. The van der Waals surface area contributed by atoms with Crippen LogP contribution in [0.5, 0.6) is 5.75 Å². The Bertz CT molecular complexity index is 1210. The third-order valence-electron chi connectivity index (χ3n) is 5.15. The summed E-state index contributed by atoms with van der Waals surface area (Å²) in [6, 6.07) is 14.0.